The first-order valence-electron chi connectivity index (χ1n) is 21.3. The molecule has 11 heteroatoms. The topological polar surface area (TPSA) is 144 Å². The molecule has 6 rings (SSSR count). The Bertz CT molecular complexity index is 2250. The van der Waals surface area contributed by atoms with Gasteiger partial charge < -0.3 is 33.5 Å². The van der Waals surface area contributed by atoms with Crippen molar-refractivity contribution in [2.24, 2.45) is 11.8 Å². The van der Waals surface area contributed by atoms with Crippen molar-refractivity contribution in [3.05, 3.63) is 162 Å². The van der Waals surface area contributed by atoms with Crippen molar-refractivity contribution >= 4 is 23.9 Å². The summed E-state index contributed by atoms with van der Waals surface area (Å²) in [5, 5.41) is 9.74. The number of aliphatic carboxylic acids is 1. The standard InChI is InChI=1S/C52H56O11/c1-7-34(4)62-39(31-59-47(53)8-2)30-58-38-28-26-37(27-29-38)52(45-20-14-12-16-41(45)42-17-13-15-21-46(42)52)36-24-22-35(23-25-36)51(5,6)61-33-40(32-60-48(54)9-3)63-50(57)44-19-11-10-18-43(44)49(55)56/h8-17,20-29,34,39-40,43-44H,2-3,7,18-19,30-33H2,1,4-6H3,(H,55,56). The molecule has 0 amide bonds. The van der Waals surface area contributed by atoms with Crippen LogP contribution in [0.25, 0.3) is 11.1 Å². The van der Waals surface area contributed by atoms with E-state index in [0.717, 1.165) is 57.5 Å². The van der Waals surface area contributed by atoms with E-state index in [0.29, 0.717) is 5.75 Å². The molecule has 330 valence electrons. The van der Waals surface area contributed by atoms with Crippen LogP contribution in [0.1, 0.15) is 74.8 Å². The van der Waals surface area contributed by atoms with Crippen LogP contribution in [-0.2, 0) is 53.9 Å². The summed E-state index contributed by atoms with van der Waals surface area (Å²) in [4.78, 5) is 49.1. The summed E-state index contributed by atoms with van der Waals surface area (Å²) in [6, 6.07) is 33.2. The third-order valence-electron chi connectivity index (χ3n) is 11.8. The Balaban J connectivity index is 1.27. The summed E-state index contributed by atoms with van der Waals surface area (Å²) < 4.78 is 35.1. The third kappa shape index (κ3) is 10.5. The number of ether oxygens (including phenoxy) is 6. The monoisotopic (exact) mass is 856 g/mol. The van der Waals surface area contributed by atoms with Crippen LogP contribution >= 0.6 is 0 Å². The lowest BCUT2D eigenvalue weighted by Gasteiger charge is -2.35. The van der Waals surface area contributed by atoms with Crippen LogP contribution in [0.5, 0.6) is 5.75 Å². The maximum atomic E-state index is 13.3. The summed E-state index contributed by atoms with van der Waals surface area (Å²) in [5.74, 6) is -4.14. The quantitative estimate of drug-likeness (QED) is 0.0327. The van der Waals surface area contributed by atoms with Gasteiger partial charge in [-0.2, -0.15) is 0 Å². The van der Waals surface area contributed by atoms with E-state index in [9.17, 15) is 24.3 Å². The first kappa shape index (κ1) is 46.2. The second-order valence-electron chi connectivity index (χ2n) is 16.3. The Kier molecular flexibility index (Phi) is 15.2. The number of fused-ring (bicyclic) bond motifs is 3. The predicted octanol–water partition coefficient (Wildman–Crippen LogP) is 8.90. The minimum Gasteiger partial charge on any atom is -0.491 e. The molecule has 0 fully saturated rings. The highest BCUT2D eigenvalue weighted by Gasteiger charge is 2.46. The fraction of sp³-hybridized carbons (Fsp3) is 0.346. The molecule has 0 saturated carbocycles. The van der Waals surface area contributed by atoms with Crippen LogP contribution in [-0.4, -0.2) is 73.7 Å². The number of carboxylic acids is 1. The minimum atomic E-state index is -1.08. The van der Waals surface area contributed by atoms with Crippen molar-refractivity contribution in [3.8, 4) is 16.9 Å². The van der Waals surface area contributed by atoms with E-state index >= 15 is 0 Å². The van der Waals surface area contributed by atoms with E-state index in [-0.39, 0.29) is 45.4 Å². The van der Waals surface area contributed by atoms with Crippen molar-refractivity contribution < 1.29 is 52.7 Å². The molecule has 0 spiro atoms. The molecule has 2 aliphatic carbocycles. The van der Waals surface area contributed by atoms with Gasteiger partial charge in [0.25, 0.3) is 0 Å². The molecule has 5 atom stereocenters. The highest BCUT2D eigenvalue weighted by atomic mass is 16.6. The molecule has 4 aromatic carbocycles. The lowest BCUT2D eigenvalue weighted by atomic mass is 9.67. The molecule has 4 aromatic rings. The molecule has 1 N–H and O–H groups in total. The van der Waals surface area contributed by atoms with Crippen LogP contribution in [0.3, 0.4) is 0 Å². The minimum absolute atomic E-state index is 0.0361. The van der Waals surface area contributed by atoms with Gasteiger partial charge in [-0.3, -0.25) is 9.59 Å². The molecule has 0 radical (unpaired) electrons. The number of hydrogen-bond donors (Lipinski definition) is 1. The number of hydrogen-bond acceptors (Lipinski definition) is 10. The van der Waals surface area contributed by atoms with E-state index in [4.69, 9.17) is 28.4 Å². The zero-order valence-corrected chi connectivity index (χ0v) is 36.3. The van der Waals surface area contributed by atoms with Crippen LogP contribution in [0, 0.1) is 11.8 Å². The van der Waals surface area contributed by atoms with Gasteiger partial charge in [-0.15, -0.1) is 0 Å². The van der Waals surface area contributed by atoms with Gasteiger partial charge in [-0.05, 0) is 91.1 Å². The molecular weight excluding hydrogens is 801 g/mol. The molecule has 0 saturated heterocycles. The molecule has 2 aliphatic rings. The van der Waals surface area contributed by atoms with Gasteiger partial charge in [-0.1, -0.05) is 117 Å². The van der Waals surface area contributed by atoms with Crippen molar-refractivity contribution in [1.29, 1.82) is 0 Å². The third-order valence-corrected chi connectivity index (χ3v) is 11.8. The molecule has 0 aliphatic heterocycles. The highest BCUT2D eigenvalue weighted by Crippen LogP contribution is 2.56. The van der Waals surface area contributed by atoms with Gasteiger partial charge in [0, 0.05) is 12.2 Å². The number of allylic oxidation sites excluding steroid dienone is 2. The second-order valence-corrected chi connectivity index (χ2v) is 16.3. The Morgan fingerprint density at radius 1 is 0.730 bits per heavy atom. The number of rotatable bonds is 21. The maximum Gasteiger partial charge on any atom is 0.330 e. The average molecular weight is 857 g/mol. The number of esters is 3. The largest absolute Gasteiger partial charge is 0.491 e. The maximum absolute atomic E-state index is 13.3. The molecule has 63 heavy (non-hydrogen) atoms. The van der Waals surface area contributed by atoms with Crippen LogP contribution in [0.4, 0.5) is 0 Å². The molecule has 0 bridgehead atoms. The van der Waals surface area contributed by atoms with Gasteiger partial charge in [0.2, 0.25) is 0 Å². The van der Waals surface area contributed by atoms with Gasteiger partial charge in [0.1, 0.15) is 31.7 Å². The predicted molar refractivity (Wildman–Crippen MR) is 238 cm³/mol. The molecule has 11 nitrogen and oxygen atoms in total. The number of benzene rings is 4. The van der Waals surface area contributed by atoms with Gasteiger partial charge in [-0.25, -0.2) is 9.59 Å². The molecule has 0 aromatic heterocycles. The Morgan fingerprint density at radius 2 is 1.25 bits per heavy atom. The first-order chi connectivity index (χ1) is 30.3. The zero-order chi connectivity index (χ0) is 45.1. The van der Waals surface area contributed by atoms with Crippen molar-refractivity contribution in [1.82, 2.24) is 0 Å². The summed E-state index contributed by atoms with van der Waals surface area (Å²) in [5.41, 5.74) is 5.83. The summed E-state index contributed by atoms with van der Waals surface area (Å²) in [6.45, 7) is 14.5. The van der Waals surface area contributed by atoms with Gasteiger partial charge >= 0.3 is 23.9 Å². The Labute approximate surface area is 369 Å². The lowest BCUT2D eigenvalue weighted by molar-refractivity contribution is -0.173. The SMILES string of the molecule is C=CC(=O)OCC(COC(C)(C)c1ccc(C2(c3ccc(OCC(COC(=O)C=C)OC(C)CC)cc3)c3ccccc3-c3ccccc32)cc1)OC(=O)C1CC=CCC1C(=O)O. The van der Waals surface area contributed by atoms with E-state index in [2.05, 4.69) is 86.0 Å². The van der Waals surface area contributed by atoms with E-state index < -0.39 is 58.9 Å². The second kappa shape index (κ2) is 20.7. The number of carboxylic acid groups (broad SMARTS) is 1. The summed E-state index contributed by atoms with van der Waals surface area (Å²) in [7, 11) is 0. The summed E-state index contributed by atoms with van der Waals surface area (Å²) >= 11 is 0. The van der Waals surface area contributed by atoms with Crippen LogP contribution in [0.15, 0.2) is 135 Å². The Morgan fingerprint density at radius 3 is 1.79 bits per heavy atom. The van der Waals surface area contributed by atoms with Crippen molar-refractivity contribution in [2.45, 2.75) is 76.3 Å². The van der Waals surface area contributed by atoms with Gasteiger partial charge in [0.15, 0.2) is 6.10 Å². The zero-order valence-electron chi connectivity index (χ0n) is 36.3. The lowest BCUT2D eigenvalue weighted by Crippen LogP contribution is -2.38. The average Bonchev–Trinajstić information content (AvgIpc) is 3.61. The van der Waals surface area contributed by atoms with Gasteiger partial charge in [0.05, 0.1) is 35.6 Å². The highest BCUT2D eigenvalue weighted by molar-refractivity contribution is 5.86. The first-order valence-corrected chi connectivity index (χ1v) is 21.3. The van der Waals surface area contributed by atoms with E-state index in [1.165, 1.54) is 0 Å². The molecular formula is C52H56O11. The van der Waals surface area contributed by atoms with Crippen molar-refractivity contribution in [2.75, 3.05) is 26.4 Å². The Hall–Kier alpha value is -6.30. The fourth-order valence-corrected chi connectivity index (χ4v) is 8.26. The van der Waals surface area contributed by atoms with E-state index in [1.54, 1.807) is 12.2 Å². The summed E-state index contributed by atoms with van der Waals surface area (Å²) in [6.07, 6.45) is 5.37. The number of carbonyl (C=O) groups is 4. The van der Waals surface area contributed by atoms with Crippen LogP contribution < -0.4 is 4.74 Å². The molecule has 0 heterocycles. The van der Waals surface area contributed by atoms with Crippen molar-refractivity contribution in [3.63, 3.8) is 0 Å². The van der Waals surface area contributed by atoms with E-state index in [1.807, 2.05) is 52.0 Å². The smallest absolute Gasteiger partial charge is 0.330 e. The fourth-order valence-electron chi connectivity index (χ4n) is 8.26. The number of carbonyl (C=O) groups excluding carboxylic acids is 3. The van der Waals surface area contributed by atoms with Crippen LogP contribution in [0.2, 0.25) is 0 Å². The molecule has 5 unspecified atom stereocenters. The normalized spacial score (nSPS) is 17.5.